The van der Waals surface area contributed by atoms with Gasteiger partial charge in [0.25, 0.3) is 5.91 Å². The van der Waals surface area contributed by atoms with E-state index in [4.69, 9.17) is 9.47 Å². The highest BCUT2D eigenvalue weighted by Gasteiger charge is 2.44. The number of carbonyl (C=O) groups excluding carboxylic acids is 3. The molecule has 1 N–H and O–H groups in total. The van der Waals surface area contributed by atoms with Crippen LogP contribution in [-0.4, -0.2) is 61.3 Å². The molecule has 0 spiro atoms. The third kappa shape index (κ3) is 7.05. The average molecular weight is 474 g/mol. The number of quaternary nitrogens is 1. The summed E-state index contributed by atoms with van der Waals surface area (Å²) in [7, 11) is 3.37. The summed E-state index contributed by atoms with van der Waals surface area (Å²) < 4.78 is 10.6. The van der Waals surface area contributed by atoms with Gasteiger partial charge in [0.2, 0.25) is 0 Å². The van der Waals surface area contributed by atoms with Crippen LogP contribution in [0, 0.1) is 5.92 Å². The van der Waals surface area contributed by atoms with Gasteiger partial charge in [0.05, 0.1) is 27.2 Å². The van der Waals surface area contributed by atoms with E-state index in [9.17, 15) is 14.4 Å². The molecule has 3 rings (SSSR count). The Hall–Kier alpha value is -2.41. The number of likely N-dealkylation sites (tertiary alicyclic amines) is 1. The molecule has 7 heteroatoms. The fourth-order valence-corrected chi connectivity index (χ4v) is 5.11. The number of nitrogens with one attached hydrogen (secondary N) is 1. The van der Waals surface area contributed by atoms with Crippen LogP contribution < -0.4 is 5.32 Å². The van der Waals surface area contributed by atoms with Gasteiger partial charge >= 0.3 is 12.1 Å². The van der Waals surface area contributed by atoms with Crippen molar-refractivity contribution < 1.29 is 28.3 Å². The van der Waals surface area contributed by atoms with Gasteiger partial charge in [-0.1, -0.05) is 12.1 Å². The highest BCUT2D eigenvalue weighted by molar-refractivity contribution is 5.94. The van der Waals surface area contributed by atoms with E-state index in [1.807, 2.05) is 52.1 Å². The predicted octanol–water partition coefficient (Wildman–Crippen LogP) is 4.80. The summed E-state index contributed by atoms with van der Waals surface area (Å²) in [5, 5.41) is 3.18. The van der Waals surface area contributed by atoms with E-state index >= 15 is 0 Å². The lowest BCUT2D eigenvalue weighted by molar-refractivity contribution is -0.826. The molecule has 1 aliphatic carbocycles. The van der Waals surface area contributed by atoms with Gasteiger partial charge in [-0.05, 0) is 76.5 Å². The zero-order valence-corrected chi connectivity index (χ0v) is 21.4. The second-order valence-corrected chi connectivity index (χ2v) is 11.2. The van der Waals surface area contributed by atoms with Crippen LogP contribution in [0.5, 0.6) is 0 Å². The van der Waals surface area contributed by atoms with Gasteiger partial charge in [0.15, 0.2) is 0 Å². The number of hydrogen-bond donors (Lipinski definition) is 1. The lowest BCUT2D eigenvalue weighted by Crippen LogP contribution is -2.49. The first kappa shape index (κ1) is 26.2. The van der Waals surface area contributed by atoms with Crippen molar-refractivity contribution in [2.75, 3.05) is 27.2 Å². The molecule has 2 atom stereocenters. The number of likely N-dealkylation sites (N-methyl/N-ethyl adjacent to an activating group) is 1. The van der Waals surface area contributed by atoms with Crippen molar-refractivity contribution >= 4 is 18.0 Å². The molecule has 2 aliphatic rings. The van der Waals surface area contributed by atoms with Crippen molar-refractivity contribution in [3.8, 4) is 0 Å². The molecule has 2 amide bonds. The Morgan fingerprint density at radius 1 is 1.03 bits per heavy atom. The van der Waals surface area contributed by atoms with Crippen LogP contribution in [-0.2, 0) is 14.3 Å². The number of methoxy groups -OCH3 is 1. The monoisotopic (exact) mass is 473 g/mol. The number of nitrogens with zero attached hydrogens (tertiary/aromatic N) is 1. The van der Waals surface area contributed by atoms with Crippen molar-refractivity contribution in [2.24, 2.45) is 5.92 Å². The topological polar surface area (TPSA) is 81.7 Å². The Labute approximate surface area is 203 Å². The first-order valence-corrected chi connectivity index (χ1v) is 12.5. The van der Waals surface area contributed by atoms with E-state index in [2.05, 4.69) is 5.32 Å². The zero-order chi connectivity index (χ0) is 24.9. The number of ether oxygens (including phenoxy) is 2. The molecule has 2 fully saturated rings. The Kier molecular flexibility index (Phi) is 8.39. The molecule has 0 radical (unpaired) electrons. The van der Waals surface area contributed by atoms with E-state index in [1.54, 1.807) is 0 Å². The maximum absolute atomic E-state index is 12.8. The van der Waals surface area contributed by atoms with Crippen LogP contribution in [0.3, 0.4) is 0 Å². The van der Waals surface area contributed by atoms with Gasteiger partial charge in [0, 0.05) is 30.4 Å². The summed E-state index contributed by atoms with van der Waals surface area (Å²) in [6.45, 7) is 7.14. The summed E-state index contributed by atoms with van der Waals surface area (Å²) in [6, 6.07) is 8.01. The predicted molar refractivity (Wildman–Crippen MR) is 130 cm³/mol. The molecular formula is C27H41N2O5+. The van der Waals surface area contributed by atoms with Gasteiger partial charge in [0.1, 0.15) is 5.60 Å². The largest absolute Gasteiger partial charge is 0.516 e. The zero-order valence-electron chi connectivity index (χ0n) is 21.4. The molecular weight excluding hydrogens is 432 g/mol. The van der Waals surface area contributed by atoms with Crippen molar-refractivity contribution in [3.05, 3.63) is 35.4 Å². The molecule has 1 aromatic carbocycles. The Morgan fingerprint density at radius 2 is 1.68 bits per heavy atom. The highest BCUT2D eigenvalue weighted by atomic mass is 16.6. The van der Waals surface area contributed by atoms with Gasteiger partial charge < -0.3 is 14.8 Å². The third-order valence-corrected chi connectivity index (χ3v) is 7.24. The van der Waals surface area contributed by atoms with Crippen LogP contribution in [0.4, 0.5) is 4.79 Å². The van der Waals surface area contributed by atoms with E-state index in [0.29, 0.717) is 24.4 Å². The van der Waals surface area contributed by atoms with E-state index in [0.717, 1.165) is 50.6 Å². The first-order valence-electron chi connectivity index (χ1n) is 12.5. The van der Waals surface area contributed by atoms with Gasteiger partial charge in [-0.2, -0.15) is 4.79 Å². The van der Waals surface area contributed by atoms with Gasteiger partial charge in [-0.3, -0.25) is 9.59 Å². The lowest BCUT2D eigenvalue weighted by Gasteiger charge is -2.29. The Morgan fingerprint density at radius 3 is 2.26 bits per heavy atom. The summed E-state index contributed by atoms with van der Waals surface area (Å²) in [5.74, 6) is 0.618. The molecule has 7 nitrogen and oxygen atoms in total. The molecule has 1 aromatic rings. The normalized spacial score (nSPS) is 27.1. The molecule has 34 heavy (non-hydrogen) atoms. The quantitative estimate of drug-likeness (QED) is 0.474. The van der Waals surface area contributed by atoms with Crippen molar-refractivity contribution in [1.82, 2.24) is 5.32 Å². The highest BCUT2D eigenvalue weighted by Crippen LogP contribution is 2.33. The minimum atomic E-state index is -0.492. The Balaban J connectivity index is 1.48. The molecule has 188 valence electrons. The first-order chi connectivity index (χ1) is 16.0. The number of rotatable bonds is 6. The summed E-state index contributed by atoms with van der Waals surface area (Å²) in [6.07, 6.45) is 6.02. The fraction of sp³-hybridized carbons (Fsp3) is 0.667. The Bertz CT molecular complexity index is 868. The van der Waals surface area contributed by atoms with Crippen LogP contribution in [0.25, 0.3) is 0 Å². The van der Waals surface area contributed by atoms with Gasteiger partial charge in [-0.15, -0.1) is 0 Å². The SMILES string of the molecule is COC(=O)CC[C@H]1CC[C@H](NC(=O)c2ccc(C3CC[N+](C)(C(=O)OC(C)(C)C)C3)cc2)CC1. The molecule has 1 saturated heterocycles. The average Bonchev–Trinajstić information content (AvgIpc) is 3.21. The maximum Gasteiger partial charge on any atom is 0.516 e. The van der Waals surface area contributed by atoms with Crippen LogP contribution >= 0.6 is 0 Å². The van der Waals surface area contributed by atoms with Crippen molar-refractivity contribution in [1.29, 1.82) is 0 Å². The summed E-state index contributed by atoms with van der Waals surface area (Å²) in [4.78, 5) is 36.8. The van der Waals surface area contributed by atoms with E-state index in [-0.39, 0.29) is 34.4 Å². The second-order valence-electron chi connectivity index (χ2n) is 11.2. The minimum absolute atomic E-state index is 0.0367. The van der Waals surface area contributed by atoms with Crippen LogP contribution in [0.15, 0.2) is 24.3 Å². The number of hydrogen-bond acceptors (Lipinski definition) is 5. The van der Waals surface area contributed by atoms with E-state index in [1.165, 1.54) is 7.11 Å². The smallest absolute Gasteiger partial charge is 0.469 e. The molecule has 1 heterocycles. The number of benzene rings is 1. The molecule has 1 saturated carbocycles. The number of amides is 2. The van der Waals surface area contributed by atoms with Crippen LogP contribution in [0.2, 0.25) is 0 Å². The van der Waals surface area contributed by atoms with Crippen molar-refractivity contribution in [2.45, 2.75) is 83.3 Å². The number of carbonyl (C=O) groups is 3. The molecule has 1 aliphatic heterocycles. The van der Waals surface area contributed by atoms with Gasteiger partial charge in [-0.25, -0.2) is 4.48 Å². The lowest BCUT2D eigenvalue weighted by atomic mass is 9.83. The third-order valence-electron chi connectivity index (χ3n) is 7.24. The standard InChI is InChI=1S/C27H40N2O5/c1-27(2,3)34-26(32)29(4)17-16-22(18-29)20-9-11-21(12-10-20)25(31)28-23-13-6-19(7-14-23)8-15-24(30)33-5/h9-12,19,22-23H,6-8,13-18H2,1-5H3/p+1/t19-,22?,23-,29?. The molecule has 2 unspecified atom stereocenters. The molecule has 0 aromatic heterocycles. The van der Waals surface area contributed by atoms with E-state index < -0.39 is 5.60 Å². The van der Waals surface area contributed by atoms with Crippen LogP contribution in [0.1, 0.15) is 87.6 Å². The fourth-order valence-electron chi connectivity index (χ4n) is 5.11. The molecule has 0 bridgehead atoms. The summed E-state index contributed by atoms with van der Waals surface area (Å²) in [5.41, 5.74) is 1.33. The minimum Gasteiger partial charge on any atom is -0.469 e. The van der Waals surface area contributed by atoms with Crippen molar-refractivity contribution in [3.63, 3.8) is 0 Å². The maximum atomic E-state index is 12.8. The summed E-state index contributed by atoms with van der Waals surface area (Å²) >= 11 is 0. The second kappa shape index (κ2) is 10.9. The number of esters is 1.